The first kappa shape index (κ1) is 17.0. The van der Waals surface area contributed by atoms with Crippen molar-refractivity contribution in [3.05, 3.63) is 71.4 Å². The smallest absolute Gasteiger partial charge is 0.278 e. The van der Waals surface area contributed by atoms with E-state index in [2.05, 4.69) is 5.32 Å². The van der Waals surface area contributed by atoms with Gasteiger partial charge in [-0.25, -0.2) is 0 Å². The molecule has 1 N–H and O–H groups in total. The second-order valence-electron chi connectivity index (χ2n) is 6.73. The molecule has 4 heteroatoms. The summed E-state index contributed by atoms with van der Waals surface area (Å²) in [6, 6.07) is 17.1. The van der Waals surface area contributed by atoms with E-state index in [0.29, 0.717) is 17.8 Å². The lowest BCUT2D eigenvalue weighted by atomic mass is 10.0. The number of anilines is 1. The van der Waals surface area contributed by atoms with E-state index < -0.39 is 0 Å². The van der Waals surface area contributed by atoms with Gasteiger partial charge in [-0.2, -0.15) is 0 Å². The largest absolute Gasteiger partial charge is 0.350 e. The van der Waals surface area contributed by atoms with E-state index >= 15 is 0 Å². The van der Waals surface area contributed by atoms with Crippen LogP contribution in [0.5, 0.6) is 0 Å². The van der Waals surface area contributed by atoms with Crippen molar-refractivity contribution >= 4 is 23.1 Å². The molecule has 128 valence electrons. The van der Waals surface area contributed by atoms with Crippen molar-refractivity contribution in [2.75, 3.05) is 11.9 Å². The first-order valence-electron chi connectivity index (χ1n) is 8.47. The standard InChI is InChI=1S/C21H22N2O2/c1-14(2)13-23-20(24)18(16-9-5-4-6-10-16)19(21(23)25)22-17-11-7-8-15(3)12-17/h4-12,14,22H,13H2,1-3H3. The quantitative estimate of drug-likeness (QED) is 0.845. The van der Waals surface area contributed by atoms with Gasteiger partial charge in [0.1, 0.15) is 5.70 Å². The average molecular weight is 334 g/mol. The van der Waals surface area contributed by atoms with Gasteiger partial charge in [-0.05, 0) is 36.1 Å². The summed E-state index contributed by atoms with van der Waals surface area (Å²) in [6.07, 6.45) is 0. The highest BCUT2D eigenvalue weighted by atomic mass is 16.2. The van der Waals surface area contributed by atoms with Crippen LogP contribution in [-0.2, 0) is 9.59 Å². The van der Waals surface area contributed by atoms with E-state index in [1.807, 2.05) is 75.4 Å². The summed E-state index contributed by atoms with van der Waals surface area (Å²) in [4.78, 5) is 27.2. The number of benzene rings is 2. The summed E-state index contributed by atoms with van der Waals surface area (Å²) >= 11 is 0. The second kappa shape index (κ2) is 6.93. The molecule has 2 aromatic rings. The Morgan fingerprint density at radius 3 is 2.32 bits per heavy atom. The highest BCUT2D eigenvalue weighted by Gasteiger charge is 2.39. The molecular weight excluding hydrogens is 312 g/mol. The highest BCUT2D eigenvalue weighted by Crippen LogP contribution is 2.31. The lowest BCUT2D eigenvalue weighted by Gasteiger charge is -2.17. The molecule has 25 heavy (non-hydrogen) atoms. The Labute approximate surface area is 148 Å². The maximum Gasteiger partial charge on any atom is 0.278 e. The van der Waals surface area contributed by atoms with E-state index in [0.717, 1.165) is 16.8 Å². The molecule has 0 saturated heterocycles. The SMILES string of the molecule is Cc1cccc(NC2=C(c3ccccc3)C(=O)N(CC(C)C)C2=O)c1. The van der Waals surface area contributed by atoms with Crippen molar-refractivity contribution in [2.45, 2.75) is 20.8 Å². The number of amides is 2. The monoisotopic (exact) mass is 334 g/mol. The molecule has 1 aliphatic heterocycles. The van der Waals surface area contributed by atoms with Crippen LogP contribution >= 0.6 is 0 Å². The molecule has 0 radical (unpaired) electrons. The summed E-state index contributed by atoms with van der Waals surface area (Å²) in [5, 5.41) is 3.18. The lowest BCUT2D eigenvalue weighted by Crippen LogP contribution is -2.35. The fourth-order valence-corrected chi connectivity index (χ4v) is 2.96. The maximum absolute atomic E-state index is 12.9. The molecule has 0 spiro atoms. The highest BCUT2D eigenvalue weighted by molar-refractivity contribution is 6.36. The number of rotatable bonds is 5. The third kappa shape index (κ3) is 3.48. The van der Waals surface area contributed by atoms with E-state index in [-0.39, 0.29) is 17.7 Å². The van der Waals surface area contributed by atoms with Gasteiger partial charge in [0, 0.05) is 12.2 Å². The van der Waals surface area contributed by atoms with Gasteiger partial charge in [-0.3, -0.25) is 14.5 Å². The summed E-state index contributed by atoms with van der Waals surface area (Å²) in [7, 11) is 0. The fourth-order valence-electron chi connectivity index (χ4n) is 2.96. The zero-order chi connectivity index (χ0) is 18.0. The van der Waals surface area contributed by atoms with Gasteiger partial charge >= 0.3 is 0 Å². The Morgan fingerprint density at radius 1 is 0.960 bits per heavy atom. The van der Waals surface area contributed by atoms with Gasteiger partial charge in [0.15, 0.2) is 0 Å². The van der Waals surface area contributed by atoms with E-state index in [1.165, 1.54) is 4.90 Å². The number of imide groups is 1. The molecule has 0 aromatic heterocycles. The molecule has 0 atom stereocenters. The molecule has 1 aliphatic rings. The topological polar surface area (TPSA) is 49.4 Å². The molecule has 4 nitrogen and oxygen atoms in total. The van der Waals surface area contributed by atoms with Crippen LogP contribution in [0.25, 0.3) is 5.57 Å². The minimum atomic E-state index is -0.265. The molecule has 0 saturated carbocycles. The zero-order valence-corrected chi connectivity index (χ0v) is 14.7. The maximum atomic E-state index is 12.9. The first-order chi connectivity index (χ1) is 12.0. The predicted molar refractivity (Wildman–Crippen MR) is 99.7 cm³/mol. The second-order valence-corrected chi connectivity index (χ2v) is 6.73. The van der Waals surface area contributed by atoms with Gasteiger partial charge in [-0.15, -0.1) is 0 Å². The normalized spacial score (nSPS) is 14.6. The first-order valence-corrected chi connectivity index (χ1v) is 8.47. The summed E-state index contributed by atoms with van der Waals surface area (Å²) in [5.41, 5.74) is 3.43. The van der Waals surface area contributed by atoms with E-state index in [4.69, 9.17) is 0 Å². The van der Waals surface area contributed by atoms with Crippen LogP contribution in [-0.4, -0.2) is 23.3 Å². The van der Waals surface area contributed by atoms with Crippen LogP contribution in [0.15, 0.2) is 60.3 Å². The Kier molecular flexibility index (Phi) is 4.70. The molecule has 1 heterocycles. The number of hydrogen-bond acceptors (Lipinski definition) is 3. The van der Waals surface area contributed by atoms with E-state index in [1.54, 1.807) is 0 Å². The minimum absolute atomic E-state index is 0.211. The molecule has 0 bridgehead atoms. The van der Waals surface area contributed by atoms with Gasteiger partial charge in [0.05, 0.1) is 5.57 Å². The average Bonchev–Trinajstić information content (AvgIpc) is 2.80. The fraction of sp³-hybridized carbons (Fsp3) is 0.238. The van der Waals surface area contributed by atoms with Gasteiger partial charge in [0.2, 0.25) is 0 Å². The lowest BCUT2D eigenvalue weighted by molar-refractivity contribution is -0.137. The molecule has 0 fully saturated rings. The van der Waals surface area contributed by atoms with Crippen molar-refractivity contribution in [3.63, 3.8) is 0 Å². The number of aryl methyl sites for hydroxylation is 1. The molecule has 3 rings (SSSR count). The molecule has 2 aromatic carbocycles. The van der Waals surface area contributed by atoms with Crippen LogP contribution in [0.2, 0.25) is 0 Å². The summed E-state index contributed by atoms with van der Waals surface area (Å²) in [6.45, 7) is 6.39. The van der Waals surface area contributed by atoms with E-state index in [9.17, 15) is 9.59 Å². The van der Waals surface area contributed by atoms with Crippen LogP contribution in [0.4, 0.5) is 5.69 Å². The number of nitrogens with zero attached hydrogens (tertiary/aromatic N) is 1. The van der Waals surface area contributed by atoms with Gasteiger partial charge in [0.25, 0.3) is 11.8 Å². The molecular formula is C21H22N2O2. The van der Waals surface area contributed by atoms with Crippen molar-refractivity contribution in [1.82, 2.24) is 4.90 Å². The zero-order valence-electron chi connectivity index (χ0n) is 14.7. The third-order valence-corrected chi connectivity index (χ3v) is 4.07. The Balaban J connectivity index is 2.05. The van der Waals surface area contributed by atoms with Crippen LogP contribution in [0.1, 0.15) is 25.0 Å². The minimum Gasteiger partial charge on any atom is -0.350 e. The number of nitrogens with one attached hydrogen (secondary N) is 1. The summed E-state index contributed by atoms with van der Waals surface area (Å²) < 4.78 is 0. The molecule has 0 aliphatic carbocycles. The van der Waals surface area contributed by atoms with Gasteiger partial charge < -0.3 is 5.32 Å². The number of carbonyl (C=O) groups excluding carboxylic acids is 2. The van der Waals surface area contributed by atoms with Crippen molar-refractivity contribution in [3.8, 4) is 0 Å². The Hall–Kier alpha value is -2.88. The molecule has 2 amide bonds. The Bertz CT molecular complexity index is 838. The molecule has 0 unspecified atom stereocenters. The number of hydrogen-bond donors (Lipinski definition) is 1. The van der Waals surface area contributed by atoms with Crippen LogP contribution in [0, 0.1) is 12.8 Å². The van der Waals surface area contributed by atoms with Crippen molar-refractivity contribution in [1.29, 1.82) is 0 Å². The number of carbonyl (C=O) groups is 2. The third-order valence-electron chi connectivity index (χ3n) is 4.07. The van der Waals surface area contributed by atoms with Gasteiger partial charge in [-0.1, -0.05) is 56.3 Å². The summed E-state index contributed by atoms with van der Waals surface area (Å²) in [5.74, 6) is -0.289. The Morgan fingerprint density at radius 2 is 1.68 bits per heavy atom. The van der Waals surface area contributed by atoms with Crippen LogP contribution < -0.4 is 5.32 Å². The predicted octanol–water partition coefficient (Wildman–Crippen LogP) is 3.84. The van der Waals surface area contributed by atoms with Crippen LogP contribution in [0.3, 0.4) is 0 Å². The van der Waals surface area contributed by atoms with Crippen molar-refractivity contribution < 1.29 is 9.59 Å². The van der Waals surface area contributed by atoms with Crippen molar-refractivity contribution in [2.24, 2.45) is 5.92 Å².